The van der Waals surface area contributed by atoms with Crippen molar-refractivity contribution in [2.24, 2.45) is 0 Å². The number of rotatable bonds is 1. The molecule has 0 aliphatic rings. The summed E-state index contributed by atoms with van der Waals surface area (Å²) in [6, 6.07) is 8.76. The highest BCUT2D eigenvalue weighted by Crippen LogP contribution is 2.42. The van der Waals surface area contributed by atoms with E-state index < -0.39 is 0 Å². The van der Waals surface area contributed by atoms with Crippen LogP contribution in [0, 0.1) is 13.8 Å². The maximum absolute atomic E-state index is 9.87. The van der Waals surface area contributed by atoms with E-state index in [1.165, 1.54) is 0 Å². The van der Waals surface area contributed by atoms with Crippen molar-refractivity contribution in [1.82, 2.24) is 0 Å². The first-order chi connectivity index (χ1) is 8.00. The number of phenolic OH excluding ortho intramolecular Hbond substituents is 3. The maximum atomic E-state index is 9.87. The standard InChI is InChI=1S/C14H14O3/c1-8-4-3-5-10(6-8)13-9(2)14(17)12(16)7-11(13)15/h3-7,15-17H,1-2H3. The van der Waals surface area contributed by atoms with Gasteiger partial charge in [-0.05, 0) is 19.4 Å². The molecule has 0 aliphatic carbocycles. The van der Waals surface area contributed by atoms with Crippen LogP contribution in [0.25, 0.3) is 11.1 Å². The van der Waals surface area contributed by atoms with Gasteiger partial charge in [-0.25, -0.2) is 0 Å². The molecule has 0 radical (unpaired) electrons. The van der Waals surface area contributed by atoms with Gasteiger partial charge in [-0.15, -0.1) is 0 Å². The summed E-state index contributed by atoms with van der Waals surface area (Å²) >= 11 is 0. The zero-order chi connectivity index (χ0) is 12.6. The van der Waals surface area contributed by atoms with Crippen LogP contribution in [-0.2, 0) is 0 Å². The highest BCUT2D eigenvalue weighted by Gasteiger charge is 2.15. The number of hydrogen-bond acceptors (Lipinski definition) is 3. The number of aryl methyl sites for hydroxylation is 1. The zero-order valence-corrected chi connectivity index (χ0v) is 9.73. The fourth-order valence-corrected chi connectivity index (χ4v) is 1.94. The summed E-state index contributed by atoms with van der Waals surface area (Å²) < 4.78 is 0. The molecule has 2 aromatic rings. The van der Waals surface area contributed by atoms with Crippen molar-refractivity contribution in [3.63, 3.8) is 0 Å². The van der Waals surface area contributed by atoms with Crippen LogP contribution in [0.2, 0.25) is 0 Å². The van der Waals surface area contributed by atoms with Gasteiger partial charge in [-0.2, -0.15) is 0 Å². The van der Waals surface area contributed by atoms with Gasteiger partial charge in [0.25, 0.3) is 0 Å². The van der Waals surface area contributed by atoms with E-state index in [0.717, 1.165) is 17.2 Å². The van der Waals surface area contributed by atoms with E-state index in [1.54, 1.807) is 6.92 Å². The number of benzene rings is 2. The molecule has 3 heteroatoms. The van der Waals surface area contributed by atoms with Crippen LogP contribution in [0.5, 0.6) is 17.2 Å². The molecule has 0 amide bonds. The Labute approximate surface area is 99.6 Å². The van der Waals surface area contributed by atoms with Crippen LogP contribution in [0.4, 0.5) is 0 Å². The number of phenols is 3. The van der Waals surface area contributed by atoms with Gasteiger partial charge in [-0.3, -0.25) is 0 Å². The van der Waals surface area contributed by atoms with Crippen molar-refractivity contribution < 1.29 is 15.3 Å². The van der Waals surface area contributed by atoms with Crippen LogP contribution >= 0.6 is 0 Å². The molecule has 0 heterocycles. The third-order valence-corrected chi connectivity index (χ3v) is 2.81. The van der Waals surface area contributed by atoms with E-state index in [1.807, 2.05) is 31.2 Å². The summed E-state index contributed by atoms with van der Waals surface area (Å²) in [5.41, 5.74) is 2.89. The maximum Gasteiger partial charge on any atom is 0.161 e. The molecule has 0 saturated carbocycles. The van der Waals surface area contributed by atoms with Gasteiger partial charge in [0.05, 0.1) is 0 Å². The third-order valence-electron chi connectivity index (χ3n) is 2.81. The predicted octanol–water partition coefficient (Wildman–Crippen LogP) is 3.09. The third kappa shape index (κ3) is 1.91. The first-order valence-corrected chi connectivity index (χ1v) is 5.32. The second-order valence-corrected chi connectivity index (χ2v) is 4.13. The lowest BCUT2D eigenvalue weighted by atomic mass is 9.97. The molecule has 2 aromatic carbocycles. The second-order valence-electron chi connectivity index (χ2n) is 4.13. The summed E-state index contributed by atoms with van der Waals surface area (Å²) in [6.07, 6.45) is 0. The van der Waals surface area contributed by atoms with Crippen molar-refractivity contribution in [3.05, 3.63) is 41.5 Å². The van der Waals surface area contributed by atoms with Crippen LogP contribution in [0.15, 0.2) is 30.3 Å². The Morgan fingerprint density at radius 3 is 2.24 bits per heavy atom. The van der Waals surface area contributed by atoms with Gasteiger partial charge in [-0.1, -0.05) is 29.8 Å². The Balaban J connectivity index is 2.72. The SMILES string of the molecule is Cc1cccc(-c2c(O)cc(O)c(O)c2C)c1. The molecule has 0 aromatic heterocycles. The summed E-state index contributed by atoms with van der Waals surface area (Å²) in [6.45, 7) is 3.61. The summed E-state index contributed by atoms with van der Waals surface area (Å²) in [4.78, 5) is 0. The molecule has 17 heavy (non-hydrogen) atoms. The predicted molar refractivity (Wildman–Crippen MR) is 66.3 cm³/mol. The molecule has 0 bridgehead atoms. The quantitative estimate of drug-likeness (QED) is 0.521. The van der Waals surface area contributed by atoms with E-state index in [0.29, 0.717) is 11.1 Å². The van der Waals surface area contributed by atoms with E-state index in [2.05, 4.69) is 0 Å². The Morgan fingerprint density at radius 2 is 1.59 bits per heavy atom. The smallest absolute Gasteiger partial charge is 0.161 e. The molecule has 88 valence electrons. The number of hydrogen-bond donors (Lipinski definition) is 3. The average Bonchev–Trinajstić information content (AvgIpc) is 2.26. The lowest BCUT2D eigenvalue weighted by molar-refractivity contribution is 0.394. The summed E-state index contributed by atoms with van der Waals surface area (Å²) in [7, 11) is 0. The minimum absolute atomic E-state index is 0.0385. The van der Waals surface area contributed by atoms with Gasteiger partial charge < -0.3 is 15.3 Å². The molecule has 0 spiro atoms. The lowest BCUT2D eigenvalue weighted by Crippen LogP contribution is -1.87. The molecule has 0 saturated heterocycles. The lowest BCUT2D eigenvalue weighted by Gasteiger charge is -2.12. The Hall–Kier alpha value is -2.16. The van der Waals surface area contributed by atoms with Gasteiger partial charge in [0.15, 0.2) is 11.5 Å². The van der Waals surface area contributed by atoms with Gasteiger partial charge in [0, 0.05) is 17.2 Å². The summed E-state index contributed by atoms with van der Waals surface area (Å²) in [5, 5.41) is 28.9. The zero-order valence-electron chi connectivity index (χ0n) is 9.73. The largest absolute Gasteiger partial charge is 0.507 e. The molecule has 0 atom stereocenters. The fourth-order valence-electron chi connectivity index (χ4n) is 1.94. The monoisotopic (exact) mass is 230 g/mol. The van der Waals surface area contributed by atoms with Crippen molar-refractivity contribution in [2.75, 3.05) is 0 Å². The van der Waals surface area contributed by atoms with Gasteiger partial charge in [0.2, 0.25) is 0 Å². The van der Waals surface area contributed by atoms with E-state index in [-0.39, 0.29) is 17.2 Å². The van der Waals surface area contributed by atoms with Crippen LogP contribution in [0.3, 0.4) is 0 Å². The van der Waals surface area contributed by atoms with Crippen LogP contribution in [-0.4, -0.2) is 15.3 Å². The average molecular weight is 230 g/mol. The Kier molecular flexibility index (Phi) is 2.68. The van der Waals surface area contributed by atoms with E-state index >= 15 is 0 Å². The van der Waals surface area contributed by atoms with E-state index in [4.69, 9.17) is 0 Å². The molecule has 0 aliphatic heterocycles. The van der Waals surface area contributed by atoms with Crippen molar-refractivity contribution in [2.45, 2.75) is 13.8 Å². The first-order valence-electron chi connectivity index (χ1n) is 5.32. The fraction of sp³-hybridized carbons (Fsp3) is 0.143. The van der Waals surface area contributed by atoms with Crippen molar-refractivity contribution in [3.8, 4) is 28.4 Å². The highest BCUT2D eigenvalue weighted by molar-refractivity contribution is 5.78. The minimum Gasteiger partial charge on any atom is -0.507 e. The molecular formula is C14H14O3. The minimum atomic E-state index is -0.309. The first kappa shape index (κ1) is 11.3. The summed E-state index contributed by atoms with van der Waals surface area (Å²) in [5.74, 6) is -0.542. The van der Waals surface area contributed by atoms with E-state index in [9.17, 15) is 15.3 Å². The molecule has 3 nitrogen and oxygen atoms in total. The normalized spacial score (nSPS) is 10.5. The molecule has 2 rings (SSSR count). The van der Waals surface area contributed by atoms with Gasteiger partial charge >= 0.3 is 0 Å². The van der Waals surface area contributed by atoms with Gasteiger partial charge in [0.1, 0.15) is 5.75 Å². The van der Waals surface area contributed by atoms with Crippen LogP contribution in [0.1, 0.15) is 11.1 Å². The molecule has 0 unspecified atom stereocenters. The topological polar surface area (TPSA) is 60.7 Å². The van der Waals surface area contributed by atoms with Crippen molar-refractivity contribution >= 4 is 0 Å². The molecule has 3 N–H and O–H groups in total. The molecular weight excluding hydrogens is 216 g/mol. The number of aromatic hydroxyl groups is 3. The van der Waals surface area contributed by atoms with Crippen LogP contribution < -0.4 is 0 Å². The second kappa shape index (κ2) is 4.01. The highest BCUT2D eigenvalue weighted by atomic mass is 16.3. The Bertz CT molecular complexity index is 574. The Morgan fingerprint density at radius 1 is 0.882 bits per heavy atom. The molecule has 0 fully saturated rings. The van der Waals surface area contributed by atoms with Crippen molar-refractivity contribution in [1.29, 1.82) is 0 Å².